The van der Waals surface area contributed by atoms with Gasteiger partial charge in [0, 0.05) is 11.3 Å². The highest BCUT2D eigenvalue weighted by Crippen LogP contribution is 2.48. The summed E-state index contributed by atoms with van der Waals surface area (Å²) in [4.78, 5) is 20.3. The van der Waals surface area contributed by atoms with Gasteiger partial charge in [0.25, 0.3) is 0 Å². The van der Waals surface area contributed by atoms with E-state index in [-0.39, 0.29) is 6.42 Å². The van der Waals surface area contributed by atoms with Crippen molar-refractivity contribution in [3.05, 3.63) is 10.1 Å². The van der Waals surface area contributed by atoms with Crippen molar-refractivity contribution < 1.29 is 49.6 Å². The Kier molecular flexibility index (Phi) is 4.59. The summed E-state index contributed by atoms with van der Waals surface area (Å²) in [6, 6.07) is -1.44. The van der Waals surface area contributed by atoms with E-state index in [2.05, 4.69) is 4.74 Å². The van der Waals surface area contributed by atoms with Gasteiger partial charge in [-0.1, -0.05) is 0 Å². The number of rotatable bonds is 7. The molecular weight excluding hydrogens is 338 g/mol. The SMILES string of the molecule is O=C(OCC(F)(F)C(F)(F)C(F)(F)C(F)F)[C@H]1C[C@H]1[N+](=O)[O-]. The van der Waals surface area contributed by atoms with Gasteiger partial charge in [-0.15, -0.1) is 0 Å². The minimum atomic E-state index is -6.49. The van der Waals surface area contributed by atoms with Crippen molar-refractivity contribution in [1.29, 1.82) is 0 Å². The van der Waals surface area contributed by atoms with Crippen LogP contribution >= 0.6 is 0 Å². The van der Waals surface area contributed by atoms with Gasteiger partial charge in [-0.3, -0.25) is 14.9 Å². The van der Waals surface area contributed by atoms with Crippen LogP contribution in [0, 0.1) is 16.0 Å². The van der Waals surface area contributed by atoms with Gasteiger partial charge in [0.2, 0.25) is 6.04 Å². The van der Waals surface area contributed by atoms with Gasteiger partial charge < -0.3 is 4.74 Å². The molecule has 0 aromatic carbocycles. The molecule has 1 aliphatic rings. The second-order valence-corrected chi connectivity index (χ2v) is 4.51. The minimum Gasteiger partial charge on any atom is -0.459 e. The molecule has 0 saturated heterocycles. The molecule has 128 valence electrons. The summed E-state index contributed by atoms with van der Waals surface area (Å²) in [7, 11) is 0. The van der Waals surface area contributed by atoms with Gasteiger partial charge in [-0.05, 0) is 0 Å². The van der Waals surface area contributed by atoms with Crippen LogP contribution in [-0.4, -0.2) is 47.7 Å². The Labute approximate surface area is 116 Å². The minimum absolute atomic E-state index is 0.388. The maximum atomic E-state index is 13.0. The van der Waals surface area contributed by atoms with Crippen LogP contribution in [0.4, 0.5) is 35.1 Å². The van der Waals surface area contributed by atoms with Crippen LogP contribution in [0.3, 0.4) is 0 Å². The van der Waals surface area contributed by atoms with Gasteiger partial charge in [0.15, 0.2) is 6.61 Å². The summed E-state index contributed by atoms with van der Waals surface area (Å²) in [5.41, 5.74) is 0. The zero-order valence-electron chi connectivity index (χ0n) is 10.3. The topological polar surface area (TPSA) is 69.4 Å². The second-order valence-electron chi connectivity index (χ2n) is 4.51. The van der Waals surface area contributed by atoms with Crippen molar-refractivity contribution >= 4 is 5.97 Å². The molecule has 0 bridgehead atoms. The Morgan fingerprint density at radius 1 is 1.23 bits per heavy atom. The van der Waals surface area contributed by atoms with E-state index in [1.54, 1.807) is 0 Å². The van der Waals surface area contributed by atoms with Crippen molar-refractivity contribution in [2.45, 2.75) is 36.7 Å². The molecule has 0 spiro atoms. The quantitative estimate of drug-likeness (QED) is 0.307. The first-order valence-electron chi connectivity index (χ1n) is 5.47. The van der Waals surface area contributed by atoms with Gasteiger partial charge in [-0.25, -0.2) is 8.78 Å². The molecule has 1 rings (SSSR count). The first kappa shape index (κ1) is 18.4. The molecule has 1 saturated carbocycles. The maximum absolute atomic E-state index is 13.0. The Balaban J connectivity index is 2.71. The van der Waals surface area contributed by atoms with Crippen molar-refractivity contribution in [2.24, 2.45) is 5.92 Å². The summed E-state index contributed by atoms with van der Waals surface area (Å²) >= 11 is 0. The molecule has 0 heterocycles. The highest BCUT2D eigenvalue weighted by atomic mass is 19.4. The molecule has 13 heteroatoms. The van der Waals surface area contributed by atoms with Gasteiger partial charge in [0.1, 0.15) is 5.92 Å². The molecule has 5 nitrogen and oxygen atoms in total. The van der Waals surface area contributed by atoms with Crippen LogP contribution in [0.25, 0.3) is 0 Å². The van der Waals surface area contributed by atoms with Crippen LogP contribution in [-0.2, 0) is 9.53 Å². The molecule has 0 aliphatic heterocycles. The lowest BCUT2D eigenvalue weighted by Gasteiger charge is -2.31. The van der Waals surface area contributed by atoms with E-state index < -0.39 is 53.7 Å². The third kappa shape index (κ3) is 3.06. The predicted octanol–water partition coefficient (Wildman–Crippen LogP) is 2.37. The van der Waals surface area contributed by atoms with Gasteiger partial charge in [-0.2, -0.15) is 26.3 Å². The molecule has 0 radical (unpaired) electrons. The van der Waals surface area contributed by atoms with E-state index in [1.165, 1.54) is 0 Å². The maximum Gasteiger partial charge on any atom is 0.381 e. The number of halogens is 8. The Hall–Kier alpha value is -1.69. The van der Waals surface area contributed by atoms with Crippen molar-refractivity contribution in [2.75, 3.05) is 6.61 Å². The number of ether oxygens (including phenoxy) is 1. The summed E-state index contributed by atoms with van der Waals surface area (Å²) in [5.74, 6) is -21.8. The fraction of sp³-hybridized carbons (Fsp3) is 0.889. The van der Waals surface area contributed by atoms with E-state index in [1.807, 2.05) is 0 Å². The lowest BCUT2D eigenvalue weighted by Crippen LogP contribution is -2.59. The molecule has 1 aliphatic carbocycles. The Morgan fingerprint density at radius 2 is 1.73 bits per heavy atom. The lowest BCUT2D eigenvalue weighted by atomic mass is 10.1. The Bertz CT molecular complexity index is 469. The number of carbonyl (C=O) groups excluding carboxylic acids is 1. The van der Waals surface area contributed by atoms with Crippen LogP contribution < -0.4 is 0 Å². The first-order valence-corrected chi connectivity index (χ1v) is 5.47. The summed E-state index contributed by atoms with van der Waals surface area (Å²) in [6.07, 6.45) is -5.47. The number of nitrogens with zero attached hydrogens (tertiary/aromatic N) is 1. The largest absolute Gasteiger partial charge is 0.459 e. The summed E-state index contributed by atoms with van der Waals surface area (Å²) in [5, 5.41) is 10.2. The molecule has 22 heavy (non-hydrogen) atoms. The molecule has 0 unspecified atom stereocenters. The highest BCUT2D eigenvalue weighted by Gasteiger charge is 2.75. The summed E-state index contributed by atoms with van der Waals surface area (Å²) < 4.78 is 104. The van der Waals surface area contributed by atoms with E-state index in [0.717, 1.165) is 0 Å². The fourth-order valence-electron chi connectivity index (χ4n) is 1.41. The number of alkyl halides is 8. The van der Waals surface area contributed by atoms with Crippen LogP contribution in [0.15, 0.2) is 0 Å². The van der Waals surface area contributed by atoms with Crippen LogP contribution in [0.2, 0.25) is 0 Å². The first-order chi connectivity index (χ1) is 9.75. The van der Waals surface area contributed by atoms with E-state index >= 15 is 0 Å². The zero-order chi connectivity index (χ0) is 17.5. The highest BCUT2D eigenvalue weighted by molar-refractivity contribution is 5.76. The molecule has 2 atom stereocenters. The third-order valence-corrected chi connectivity index (χ3v) is 2.88. The second kappa shape index (κ2) is 5.50. The smallest absolute Gasteiger partial charge is 0.381 e. The number of carbonyl (C=O) groups is 1. The van der Waals surface area contributed by atoms with Crippen LogP contribution in [0.1, 0.15) is 6.42 Å². The van der Waals surface area contributed by atoms with E-state index in [9.17, 15) is 50.0 Å². The number of hydrogen-bond donors (Lipinski definition) is 0. The molecule has 1 fully saturated rings. The number of esters is 1. The molecule has 0 amide bonds. The van der Waals surface area contributed by atoms with Crippen molar-refractivity contribution in [1.82, 2.24) is 0 Å². The van der Waals surface area contributed by atoms with Gasteiger partial charge >= 0.3 is 30.2 Å². The number of nitro groups is 1. The average Bonchev–Trinajstić information content (AvgIpc) is 3.15. The van der Waals surface area contributed by atoms with E-state index in [0.29, 0.717) is 0 Å². The summed E-state index contributed by atoms with van der Waals surface area (Å²) in [6.45, 7) is -2.61. The molecular formula is C9H7F8NO4. The predicted molar refractivity (Wildman–Crippen MR) is 50.7 cm³/mol. The number of hydrogen-bond acceptors (Lipinski definition) is 4. The van der Waals surface area contributed by atoms with Gasteiger partial charge in [0.05, 0.1) is 0 Å². The Morgan fingerprint density at radius 3 is 2.09 bits per heavy atom. The molecule has 0 aromatic heterocycles. The third-order valence-electron chi connectivity index (χ3n) is 2.88. The van der Waals surface area contributed by atoms with Crippen molar-refractivity contribution in [3.63, 3.8) is 0 Å². The fourth-order valence-corrected chi connectivity index (χ4v) is 1.41. The van der Waals surface area contributed by atoms with E-state index in [4.69, 9.17) is 0 Å². The standard InChI is InChI=1S/C9H7F8NO4/c10-6(11)8(14,15)9(16,17)7(12,13)2-22-5(19)3-1-4(3)18(20)21/h3-4,6H,1-2H2/t3-,4+/m0/s1. The average molecular weight is 345 g/mol. The van der Waals surface area contributed by atoms with Crippen LogP contribution in [0.5, 0.6) is 0 Å². The van der Waals surface area contributed by atoms with Crippen molar-refractivity contribution in [3.8, 4) is 0 Å². The molecule has 0 aromatic rings. The lowest BCUT2D eigenvalue weighted by molar-refractivity contribution is -0.497. The normalized spacial score (nSPS) is 22.6. The monoisotopic (exact) mass is 345 g/mol. The molecule has 0 N–H and O–H groups in total. The zero-order valence-corrected chi connectivity index (χ0v) is 10.3.